The lowest BCUT2D eigenvalue weighted by atomic mass is 10.1. The lowest BCUT2D eigenvalue weighted by Crippen LogP contribution is -2.12. The third kappa shape index (κ3) is 4.61. The summed E-state index contributed by atoms with van der Waals surface area (Å²) in [6, 6.07) is 2.68. The van der Waals surface area contributed by atoms with Gasteiger partial charge < -0.3 is 15.2 Å². The van der Waals surface area contributed by atoms with E-state index in [1.807, 2.05) is 6.26 Å². The van der Waals surface area contributed by atoms with Crippen molar-refractivity contribution in [2.24, 2.45) is 0 Å². The van der Waals surface area contributed by atoms with Gasteiger partial charge in [0.15, 0.2) is 0 Å². The summed E-state index contributed by atoms with van der Waals surface area (Å²) in [6.45, 7) is 0. The minimum absolute atomic E-state index is 0.0436. The van der Waals surface area contributed by atoms with Crippen LogP contribution in [0.15, 0.2) is 12.1 Å². The molecule has 2 N–H and O–H groups in total. The quantitative estimate of drug-likeness (QED) is 0.756. The number of thioether (sulfide) groups is 1. The molecule has 0 aliphatic carbocycles. The fourth-order valence-corrected chi connectivity index (χ4v) is 2.22. The zero-order valence-electron chi connectivity index (χ0n) is 11.2. The summed E-state index contributed by atoms with van der Waals surface area (Å²) in [4.78, 5) is 22.7. The van der Waals surface area contributed by atoms with Crippen LogP contribution in [-0.4, -0.2) is 36.1 Å². The largest absolute Gasteiger partial charge is 0.496 e. The Kier molecular flexibility index (Phi) is 6.67. The molecule has 0 fully saturated rings. The number of aromatic carboxylic acids is 1. The highest BCUT2D eigenvalue weighted by Gasteiger charge is 2.16. The number of carbonyl (C=O) groups excluding carboxylic acids is 1. The molecule has 0 radical (unpaired) electrons. The van der Waals surface area contributed by atoms with Gasteiger partial charge in [-0.15, -0.1) is 0 Å². The number of amides is 1. The lowest BCUT2D eigenvalue weighted by Gasteiger charge is -2.11. The highest BCUT2D eigenvalue weighted by molar-refractivity contribution is 7.98. The van der Waals surface area contributed by atoms with Crippen LogP contribution in [0.25, 0.3) is 0 Å². The van der Waals surface area contributed by atoms with E-state index in [4.69, 9.17) is 21.4 Å². The molecule has 0 unspecified atom stereocenters. The third-order valence-corrected chi connectivity index (χ3v) is 3.56. The minimum atomic E-state index is -1.14. The summed E-state index contributed by atoms with van der Waals surface area (Å²) in [6.07, 6.45) is 3.14. The Balaban J connectivity index is 2.85. The van der Waals surface area contributed by atoms with Crippen LogP contribution >= 0.6 is 23.4 Å². The third-order valence-electron chi connectivity index (χ3n) is 2.55. The molecule has 1 amide bonds. The zero-order valence-corrected chi connectivity index (χ0v) is 12.8. The number of hydrogen-bond donors (Lipinski definition) is 2. The van der Waals surface area contributed by atoms with Gasteiger partial charge in [-0.1, -0.05) is 11.6 Å². The Hall–Kier alpha value is -1.40. The molecule has 0 spiro atoms. The fraction of sp³-hybridized carbons (Fsp3) is 0.385. The number of rotatable bonds is 7. The van der Waals surface area contributed by atoms with Gasteiger partial charge in [-0.3, -0.25) is 4.79 Å². The summed E-state index contributed by atoms with van der Waals surface area (Å²) in [7, 11) is 1.36. The first kappa shape index (κ1) is 16.7. The molecule has 0 aromatic heterocycles. The van der Waals surface area contributed by atoms with Gasteiger partial charge >= 0.3 is 5.97 Å². The van der Waals surface area contributed by atoms with Gasteiger partial charge in [-0.2, -0.15) is 11.8 Å². The molecule has 0 aliphatic heterocycles. The second kappa shape index (κ2) is 8.01. The first-order chi connectivity index (χ1) is 9.49. The predicted octanol–water partition coefficient (Wildman–Crippen LogP) is 3.13. The molecule has 7 heteroatoms. The van der Waals surface area contributed by atoms with Crippen molar-refractivity contribution in [1.82, 2.24) is 0 Å². The second-order valence-electron chi connectivity index (χ2n) is 3.98. The number of hydrogen-bond acceptors (Lipinski definition) is 4. The smallest absolute Gasteiger partial charge is 0.339 e. The number of ether oxygens (including phenoxy) is 1. The molecular formula is C13H16ClNO4S. The van der Waals surface area contributed by atoms with Gasteiger partial charge in [0, 0.05) is 12.5 Å². The normalized spacial score (nSPS) is 10.2. The molecule has 5 nitrogen and oxygen atoms in total. The molecule has 20 heavy (non-hydrogen) atoms. The molecule has 1 aromatic carbocycles. The zero-order chi connectivity index (χ0) is 15.1. The van der Waals surface area contributed by atoms with Crippen molar-refractivity contribution in [3.8, 4) is 5.75 Å². The van der Waals surface area contributed by atoms with Gasteiger partial charge in [0.2, 0.25) is 5.91 Å². The molecule has 110 valence electrons. The van der Waals surface area contributed by atoms with E-state index in [-0.39, 0.29) is 22.2 Å². The minimum Gasteiger partial charge on any atom is -0.496 e. The monoisotopic (exact) mass is 317 g/mol. The number of carbonyl (C=O) groups is 2. The van der Waals surface area contributed by atoms with Gasteiger partial charge in [0.25, 0.3) is 0 Å². The van der Waals surface area contributed by atoms with E-state index in [0.29, 0.717) is 12.1 Å². The van der Waals surface area contributed by atoms with Gasteiger partial charge in [-0.05, 0) is 24.5 Å². The average molecular weight is 318 g/mol. The second-order valence-corrected chi connectivity index (χ2v) is 5.37. The van der Waals surface area contributed by atoms with Crippen LogP contribution in [-0.2, 0) is 4.79 Å². The van der Waals surface area contributed by atoms with Crippen molar-refractivity contribution in [1.29, 1.82) is 0 Å². The van der Waals surface area contributed by atoms with E-state index in [9.17, 15) is 9.59 Å². The summed E-state index contributed by atoms with van der Waals surface area (Å²) >= 11 is 7.64. The molecule has 1 rings (SSSR count). The van der Waals surface area contributed by atoms with Crippen LogP contribution in [0.2, 0.25) is 5.02 Å². The number of anilines is 1. The van der Waals surface area contributed by atoms with Crippen LogP contribution in [0.5, 0.6) is 5.75 Å². The highest BCUT2D eigenvalue weighted by Crippen LogP contribution is 2.31. The van der Waals surface area contributed by atoms with Gasteiger partial charge in [0.05, 0.1) is 17.8 Å². The molecule has 0 bridgehead atoms. The summed E-state index contributed by atoms with van der Waals surface area (Å²) in [5.74, 6) is -0.239. The topological polar surface area (TPSA) is 75.6 Å². The first-order valence-corrected chi connectivity index (χ1v) is 7.66. The lowest BCUT2D eigenvalue weighted by molar-refractivity contribution is -0.116. The van der Waals surface area contributed by atoms with Crippen LogP contribution in [0, 0.1) is 0 Å². The summed E-state index contributed by atoms with van der Waals surface area (Å²) in [5.41, 5.74) is 0.306. The van der Waals surface area contributed by atoms with Crippen molar-refractivity contribution >= 4 is 40.9 Å². The van der Waals surface area contributed by atoms with E-state index in [0.717, 1.165) is 12.2 Å². The van der Waals surface area contributed by atoms with E-state index in [2.05, 4.69) is 5.32 Å². The van der Waals surface area contributed by atoms with Crippen molar-refractivity contribution < 1.29 is 19.4 Å². The van der Waals surface area contributed by atoms with E-state index < -0.39 is 5.97 Å². The Morgan fingerprint density at radius 2 is 2.15 bits per heavy atom. The maximum absolute atomic E-state index is 11.7. The summed E-state index contributed by atoms with van der Waals surface area (Å²) < 4.78 is 4.99. The molecule has 1 aromatic rings. The average Bonchev–Trinajstić information content (AvgIpc) is 2.40. The standard InChI is InChI=1S/C13H16ClNO4S/c1-19-11-7-10(9(14)6-8(11)13(17)18)15-12(16)4-3-5-20-2/h6-7H,3-5H2,1-2H3,(H,15,16)(H,17,18). The Morgan fingerprint density at radius 3 is 2.70 bits per heavy atom. The molecule has 0 aliphatic rings. The molecule has 0 heterocycles. The van der Waals surface area contributed by atoms with E-state index >= 15 is 0 Å². The van der Waals surface area contributed by atoms with E-state index in [1.54, 1.807) is 11.8 Å². The Bertz CT molecular complexity index is 507. The molecular weight excluding hydrogens is 302 g/mol. The van der Waals surface area contributed by atoms with Gasteiger partial charge in [-0.25, -0.2) is 4.79 Å². The maximum atomic E-state index is 11.7. The van der Waals surface area contributed by atoms with Crippen molar-refractivity contribution in [3.05, 3.63) is 22.7 Å². The number of halogens is 1. The molecule has 0 saturated heterocycles. The van der Waals surface area contributed by atoms with Crippen LogP contribution < -0.4 is 10.1 Å². The highest BCUT2D eigenvalue weighted by atomic mass is 35.5. The number of nitrogens with one attached hydrogen (secondary N) is 1. The fourth-order valence-electron chi connectivity index (χ4n) is 1.57. The molecule has 0 saturated carbocycles. The van der Waals surface area contributed by atoms with Crippen molar-refractivity contribution in [2.75, 3.05) is 24.4 Å². The van der Waals surface area contributed by atoms with Gasteiger partial charge in [0.1, 0.15) is 11.3 Å². The van der Waals surface area contributed by atoms with Crippen LogP contribution in [0.3, 0.4) is 0 Å². The number of carboxylic acid groups (broad SMARTS) is 1. The number of carboxylic acids is 1. The Morgan fingerprint density at radius 1 is 1.45 bits per heavy atom. The molecule has 0 atom stereocenters. The SMILES string of the molecule is COc1cc(NC(=O)CCCSC)c(Cl)cc1C(=O)O. The van der Waals surface area contributed by atoms with Crippen LogP contribution in [0.1, 0.15) is 23.2 Å². The maximum Gasteiger partial charge on any atom is 0.339 e. The number of benzene rings is 1. The van der Waals surface area contributed by atoms with Crippen molar-refractivity contribution in [2.45, 2.75) is 12.8 Å². The van der Waals surface area contributed by atoms with Crippen molar-refractivity contribution in [3.63, 3.8) is 0 Å². The summed E-state index contributed by atoms with van der Waals surface area (Å²) in [5, 5.41) is 11.8. The number of methoxy groups -OCH3 is 1. The predicted molar refractivity (Wildman–Crippen MR) is 81.2 cm³/mol. The van der Waals surface area contributed by atoms with Crippen LogP contribution in [0.4, 0.5) is 5.69 Å². The first-order valence-electron chi connectivity index (χ1n) is 5.89. The Labute approximate surface area is 126 Å². The van der Waals surface area contributed by atoms with E-state index in [1.165, 1.54) is 19.2 Å².